The van der Waals surface area contributed by atoms with Crippen LogP contribution in [0.25, 0.3) is 6.08 Å². The van der Waals surface area contributed by atoms with Gasteiger partial charge in [0.1, 0.15) is 17.2 Å². The fraction of sp³-hybridized carbons (Fsp3) is 0.0833. The number of methoxy groups -OCH3 is 1. The number of esters is 2. The fourth-order valence-corrected chi connectivity index (χ4v) is 3.54. The van der Waals surface area contributed by atoms with Gasteiger partial charge in [0.2, 0.25) is 5.76 Å². The molecule has 0 atom stereocenters. The van der Waals surface area contributed by atoms with E-state index in [1.54, 1.807) is 48.5 Å². The summed E-state index contributed by atoms with van der Waals surface area (Å²) >= 11 is 3.36. The zero-order chi connectivity index (χ0) is 24.2. The summed E-state index contributed by atoms with van der Waals surface area (Å²) in [5.41, 5.74) is 0.750. The number of amides is 3. The van der Waals surface area contributed by atoms with Crippen LogP contribution in [0.1, 0.15) is 32.2 Å². The van der Waals surface area contributed by atoms with Crippen molar-refractivity contribution in [3.63, 3.8) is 0 Å². The lowest BCUT2D eigenvalue weighted by atomic mass is 10.1. The van der Waals surface area contributed by atoms with E-state index in [0.717, 1.165) is 4.90 Å². The Balaban J connectivity index is 1.56. The summed E-state index contributed by atoms with van der Waals surface area (Å²) in [6.45, 7) is -0.187. The third kappa shape index (κ3) is 4.91. The third-order valence-electron chi connectivity index (χ3n) is 4.81. The molecule has 0 radical (unpaired) electrons. The van der Waals surface area contributed by atoms with Crippen LogP contribution in [0.5, 0.6) is 5.75 Å². The van der Waals surface area contributed by atoms with Gasteiger partial charge in [0.15, 0.2) is 0 Å². The number of benzene rings is 2. The van der Waals surface area contributed by atoms with E-state index in [4.69, 9.17) is 9.15 Å². The summed E-state index contributed by atoms with van der Waals surface area (Å²) in [4.78, 5) is 50.3. The normalized spacial score (nSPS) is 14.3. The second-order valence-electron chi connectivity index (χ2n) is 7.07. The monoisotopic (exact) mass is 524 g/mol. The van der Waals surface area contributed by atoms with E-state index in [1.165, 1.54) is 25.3 Å². The number of hydrogen-bond donors (Lipinski definition) is 1. The maximum Gasteiger partial charge on any atom is 0.373 e. The van der Waals surface area contributed by atoms with Crippen molar-refractivity contribution in [3.8, 4) is 5.75 Å². The van der Waals surface area contributed by atoms with Gasteiger partial charge in [-0.1, -0.05) is 34.1 Å². The molecule has 172 valence electrons. The van der Waals surface area contributed by atoms with E-state index >= 15 is 0 Å². The number of carbonyl (C=O) groups is 4. The lowest BCUT2D eigenvalue weighted by molar-refractivity contribution is -0.123. The van der Waals surface area contributed by atoms with Crippen LogP contribution in [-0.2, 0) is 16.1 Å². The molecule has 34 heavy (non-hydrogen) atoms. The molecule has 0 bridgehead atoms. The summed E-state index contributed by atoms with van der Waals surface area (Å²) in [5, 5.41) is 2.50. The molecule has 1 fully saturated rings. The van der Waals surface area contributed by atoms with Crippen molar-refractivity contribution in [3.05, 3.63) is 93.5 Å². The Morgan fingerprint density at radius 3 is 2.56 bits per heavy atom. The van der Waals surface area contributed by atoms with Gasteiger partial charge < -0.3 is 19.2 Å². The number of nitrogens with one attached hydrogen (secondary N) is 1. The van der Waals surface area contributed by atoms with Gasteiger partial charge in [-0.05, 0) is 48.5 Å². The Hall–Kier alpha value is -4.18. The molecule has 0 unspecified atom stereocenters. The predicted octanol–water partition coefficient (Wildman–Crippen LogP) is 4.14. The first-order valence-electron chi connectivity index (χ1n) is 9.94. The van der Waals surface area contributed by atoms with Crippen LogP contribution in [-0.4, -0.2) is 35.9 Å². The Bertz CT molecular complexity index is 1310. The van der Waals surface area contributed by atoms with Crippen molar-refractivity contribution in [2.45, 2.75) is 6.54 Å². The summed E-state index contributed by atoms with van der Waals surface area (Å²) < 4.78 is 16.1. The van der Waals surface area contributed by atoms with Gasteiger partial charge in [-0.15, -0.1) is 0 Å². The number of imide groups is 1. The molecule has 9 nitrogen and oxygen atoms in total. The molecule has 4 rings (SSSR count). The molecule has 0 saturated carbocycles. The quantitative estimate of drug-likeness (QED) is 0.223. The van der Waals surface area contributed by atoms with Gasteiger partial charge in [0, 0.05) is 10.0 Å². The molecule has 1 aliphatic rings. The summed E-state index contributed by atoms with van der Waals surface area (Å²) in [5.74, 6) is -1.45. The van der Waals surface area contributed by atoms with Gasteiger partial charge in [-0.25, -0.2) is 14.4 Å². The van der Waals surface area contributed by atoms with Gasteiger partial charge in [0.25, 0.3) is 5.91 Å². The standard InChI is InChI=1S/C24H17BrN2O7/c1-32-23(30)20-10-8-17(33-20)13-27-21(28)18(26-24(27)31)12-15-11-16(25)7-9-19(15)34-22(29)14-5-3-2-4-6-14/h2-12H,13H2,1H3,(H,26,31)/b18-12+. The van der Waals surface area contributed by atoms with E-state index in [0.29, 0.717) is 15.6 Å². The maximum atomic E-state index is 12.9. The first-order chi connectivity index (χ1) is 16.4. The molecule has 2 aromatic carbocycles. The summed E-state index contributed by atoms with van der Waals surface area (Å²) in [6.07, 6.45) is 1.42. The fourth-order valence-electron chi connectivity index (χ4n) is 3.16. The zero-order valence-electron chi connectivity index (χ0n) is 17.7. The Morgan fingerprint density at radius 2 is 1.82 bits per heavy atom. The molecule has 0 aliphatic carbocycles. The number of nitrogens with zero attached hydrogens (tertiary/aromatic N) is 1. The molecular weight excluding hydrogens is 508 g/mol. The third-order valence-corrected chi connectivity index (χ3v) is 5.30. The molecule has 3 aromatic rings. The van der Waals surface area contributed by atoms with E-state index in [9.17, 15) is 19.2 Å². The molecule has 2 heterocycles. The van der Waals surface area contributed by atoms with Crippen LogP contribution < -0.4 is 10.1 Å². The molecule has 3 amide bonds. The molecule has 1 saturated heterocycles. The minimum absolute atomic E-state index is 0.0140. The van der Waals surface area contributed by atoms with Crippen LogP contribution in [0.4, 0.5) is 4.79 Å². The number of halogens is 1. The molecule has 1 aliphatic heterocycles. The highest BCUT2D eigenvalue weighted by Gasteiger charge is 2.34. The van der Waals surface area contributed by atoms with Crippen molar-refractivity contribution in [1.82, 2.24) is 10.2 Å². The average Bonchev–Trinajstić information content (AvgIpc) is 3.41. The van der Waals surface area contributed by atoms with E-state index in [-0.39, 0.29) is 29.5 Å². The van der Waals surface area contributed by atoms with Crippen molar-refractivity contribution in [2.24, 2.45) is 0 Å². The largest absolute Gasteiger partial charge is 0.463 e. The maximum absolute atomic E-state index is 12.9. The van der Waals surface area contributed by atoms with Gasteiger partial charge in [0.05, 0.1) is 19.2 Å². The highest BCUT2D eigenvalue weighted by Crippen LogP contribution is 2.28. The molecule has 1 aromatic heterocycles. The number of rotatable bonds is 6. The van der Waals surface area contributed by atoms with Gasteiger partial charge in [-0.2, -0.15) is 0 Å². The van der Waals surface area contributed by atoms with E-state index in [2.05, 4.69) is 26.0 Å². The Morgan fingerprint density at radius 1 is 1.06 bits per heavy atom. The predicted molar refractivity (Wildman–Crippen MR) is 123 cm³/mol. The van der Waals surface area contributed by atoms with Crippen LogP contribution in [0.2, 0.25) is 0 Å². The molecular formula is C24H17BrN2O7. The topological polar surface area (TPSA) is 115 Å². The van der Waals surface area contributed by atoms with Crippen LogP contribution in [0.15, 0.2) is 75.3 Å². The number of ether oxygens (including phenoxy) is 2. The number of furan rings is 1. The number of urea groups is 1. The minimum atomic E-state index is -0.670. The smallest absolute Gasteiger partial charge is 0.373 e. The number of hydrogen-bond acceptors (Lipinski definition) is 7. The second-order valence-corrected chi connectivity index (χ2v) is 7.99. The van der Waals surface area contributed by atoms with Gasteiger partial charge >= 0.3 is 18.0 Å². The number of carbonyl (C=O) groups excluding carboxylic acids is 4. The first kappa shape index (κ1) is 23.0. The Kier molecular flexibility index (Phi) is 6.60. The minimum Gasteiger partial charge on any atom is -0.463 e. The second kappa shape index (κ2) is 9.75. The molecule has 1 N–H and O–H groups in total. The lowest BCUT2D eigenvalue weighted by Crippen LogP contribution is -2.30. The Labute approximate surface area is 202 Å². The van der Waals surface area contributed by atoms with Crippen molar-refractivity contribution in [2.75, 3.05) is 7.11 Å². The SMILES string of the molecule is COC(=O)c1ccc(CN2C(=O)N/C(=C/c3cc(Br)ccc3OC(=O)c3ccccc3)C2=O)o1. The molecule has 0 spiro atoms. The first-order valence-corrected chi connectivity index (χ1v) is 10.7. The van der Waals surface area contributed by atoms with Crippen LogP contribution >= 0.6 is 15.9 Å². The van der Waals surface area contributed by atoms with Crippen LogP contribution in [0, 0.1) is 0 Å². The lowest BCUT2D eigenvalue weighted by Gasteiger charge is -2.10. The molecule has 10 heteroatoms. The van der Waals surface area contributed by atoms with Crippen LogP contribution in [0.3, 0.4) is 0 Å². The van der Waals surface area contributed by atoms with E-state index in [1.807, 2.05) is 0 Å². The average molecular weight is 525 g/mol. The summed E-state index contributed by atoms with van der Waals surface area (Å²) in [7, 11) is 1.21. The van der Waals surface area contributed by atoms with Crippen molar-refractivity contribution in [1.29, 1.82) is 0 Å². The summed E-state index contributed by atoms with van der Waals surface area (Å²) in [6, 6.07) is 15.6. The van der Waals surface area contributed by atoms with Gasteiger partial charge in [-0.3, -0.25) is 9.69 Å². The zero-order valence-corrected chi connectivity index (χ0v) is 19.3. The highest BCUT2D eigenvalue weighted by molar-refractivity contribution is 9.10. The van der Waals surface area contributed by atoms with Crippen molar-refractivity contribution < 1.29 is 33.1 Å². The van der Waals surface area contributed by atoms with Crippen molar-refractivity contribution >= 4 is 45.9 Å². The van der Waals surface area contributed by atoms with E-state index < -0.39 is 23.9 Å². The highest BCUT2D eigenvalue weighted by atomic mass is 79.9.